The van der Waals surface area contributed by atoms with Crippen LogP contribution in [0.1, 0.15) is 22.8 Å². The summed E-state index contributed by atoms with van der Waals surface area (Å²) < 4.78 is 18.2. The normalized spacial score (nSPS) is 10.4. The quantitative estimate of drug-likeness (QED) is 0.371. The van der Waals surface area contributed by atoms with E-state index in [1.807, 2.05) is 5.43 Å². The summed E-state index contributed by atoms with van der Waals surface area (Å²) in [5.74, 6) is -2.96. The molecule has 0 bridgehead atoms. The van der Waals surface area contributed by atoms with Crippen LogP contribution in [0.5, 0.6) is 0 Å². The van der Waals surface area contributed by atoms with E-state index in [2.05, 4.69) is 10.4 Å². The number of carbonyl (C=O) groups is 3. The van der Waals surface area contributed by atoms with Crippen molar-refractivity contribution in [3.63, 3.8) is 0 Å². The number of benzene rings is 2. The number of halogens is 1. The lowest BCUT2D eigenvalue weighted by Crippen LogP contribution is -2.32. The average Bonchev–Trinajstić information content (AvgIpc) is 2.64. The molecule has 134 valence electrons. The summed E-state index contributed by atoms with van der Waals surface area (Å²) >= 11 is 0. The second-order valence-corrected chi connectivity index (χ2v) is 4.97. The largest absolute Gasteiger partial charge is 0.462 e. The summed E-state index contributed by atoms with van der Waals surface area (Å²) in [4.78, 5) is 35.0. The second-order valence-electron chi connectivity index (χ2n) is 4.97. The predicted molar refractivity (Wildman–Crippen MR) is 93.2 cm³/mol. The molecule has 2 N–H and O–H groups in total. The number of nitrogens with zero attached hydrogens (tertiary/aromatic N) is 1. The van der Waals surface area contributed by atoms with Gasteiger partial charge in [0.05, 0.1) is 18.4 Å². The van der Waals surface area contributed by atoms with Crippen molar-refractivity contribution < 1.29 is 23.5 Å². The van der Waals surface area contributed by atoms with Crippen LogP contribution >= 0.6 is 0 Å². The van der Waals surface area contributed by atoms with Crippen LogP contribution < -0.4 is 10.7 Å². The Morgan fingerprint density at radius 1 is 1.08 bits per heavy atom. The first-order valence-electron chi connectivity index (χ1n) is 7.67. The van der Waals surface area contributed by atoms with Gasteiger partial charge in [-0.2, -0.15) is 5.10 Å². The summed E-state index contributed by atoms with van der Waals surface area (Å²) in [6, 6.07) is 11.7. The molecule has 0 saturated heterocycles. The molecule has 0 fully saturated rings. The number of ether oxygens (including phenoxy) is 1. The maximum atomic E-state index is 13.4. The second kappa shape index (κ2) is 9.07. The van der Waals surface area contributed by atoms with Crippen molar-refractivity contribution in [1.82, 2.24) is 5.43 Å². The van der Waals surface area contributed by atoms with E-state index < -0.39 is 23.6 Å². The van der Waals surface area contributed by atoms with Gasteiger partial charge >= 0.3 is 17.8 Å². The summed E-state index contributed by atoms with van der Waals surface area (Å²) in [7, 11) is 0. The number of hydrazone groups is 1. The van der Waals surface area contributed by atoms with E-state index in [-0.39, 0.29) is 12.2 Å². The molecule has 8 heteroatoms. The Bertz CT molecular complexity index is 835. The van der Waals surface area contributed by atoms with Crippen LogP contribution in [-0.2, 0) is 14.3 Å². The molecule has 0 spiro atoms. The average molecular weight is 357 g/mol. The van der Waals surface area contributed by atoms with Gasteiger partial charge in [0.2, 0.25) is 0 Å². The highest BCUT2D eigenvalue weighted by atomic mass is 19.1. The van der Waals surface area contributed by atoms with E-state index in [0.29, 0.717) is 11.3 Å². The molecule has 0 unspecified atom stereocenters. The van der Waals surface area contributed by atoms with E-state index in [0.717, 1.165) is 6.21 Å². The van der Waals surface area contributed by atoms with Crippen LogP contribution in [0.15, 0.2) is 53.6 Å². The first-order valence-corrected chi connectivity index (χ1v) is 7.67. The molecule has 0 heterocycles. The summed E-state index contributed by atoms with van der Waals surface area (Å²) in [5, 5.41) is 5.89. The third-order valence-corrected chi connectivity index (χ3v) is 3.14. The minimum Gasteiger partial charge on any atom is -0.462 e. The molecule has 0 saturated carbocycles. The van der Waals surface area contributed by atoms with E-state index in [1.165, 1.54) is 42.5 Å². The Hall–Kier alpha value is -3.55. The Balaban J connectivity index is 1.89. The third kappa shape index (κ3) is 5.23. The minimum atomic E-state index is -1.02. The van der Waals surface area contributed by atoms with Crippen molar-refractivity contribution in [3.8, 4) is 0 Å². The van der Waals surface area contributed by atoms with Crippen LogP contribution in [0.4, 0.5) is 10.1 Å². The highest BCUT2D eigenvalue weighted by Gasteiger charge is 2.13. The van der Waals surface area contributed by atoms with Gasteiger partial charge in [-0.05, 0) is 37.3 Å². The number of hydrogen-bond donors (Lipinski definition) is 2. The van der Waals surface area contributed by atoms with Gasteiger partial charge in [0.25, 0.3) is 0 Å². The standard InChI is InChI=1S/C18H16FN3O4/c1-2-26-18(25)12-7-9-14(10-8-12)21-16(23)17(24)22-20-11-13-5-3-4-6-15(13)19/h3-11H,2H2,1H3,(H,21,23)(H,22,24)/b20-11-. The highest BCUT2D eigenvalue weighted by Crippen LogP contribution is 2.10. The number of amides is 2. The van der Waals surface area contributed by atoms with Gasteiger partial charge in [-0.15, -0.1) is 0 Å². The molecule has 2 aromatic carbocycles. The van der Waals surface area contributed by atoms with E-state index >= 15 is 0 Å². The fraction of sp³-hybridized carbons (Fsp3) is 0.111. The van der Waals surface area contributed by atoms with Crippen LogP contribution in [0.2, 0.25) is 0 Å². The topological polar surface area (TPSA) is 96.9 Å². The van der Waals surface area contributed by atoms with E-state index in [1.54, 1.807) is 13.0 Å². The molecule has 2 aromatic rings. The predicted octanol–water partition coefficient (Wildman–Crippen LogP) is 2.09. The molecular weight excluding hydrogens is 341 g/mol. The summed E-state index contributed by atoms with van der Waals surface area (Å²) in [5.41, 5.74) is 2.81. The van der Waals surface area contributed by atoms with Gasteiger partial charge in [0.1, 0.15) is 5.82 Å². The van der Waals surface area contributed by atoms with Crippen LogP contribution in [0.3, 0.4) is 0 Å². The van der Waals surface area contributed by atoms with Crippen molar-refractivity contribution in [2.45, 2.75) is 6.92 Å². The number of anilines is 1. The number of rotatable bonds is 5. The molecule has 2 rings (SSSR count). The zero-order valence-electron chi connectivity index (χ0n) is 13.9. The van der Waals surface area contributed by atoms with Crippen molar-refractivity contribution in [2.24, 2.45) is 5.10 Å². The van der Waals surface area contributed by atoms with Crippen molar-refractivity contribution in [2.75, 3.05) is 11.9 Å². The monoisotopic (exact) mass is 357 g/mol. The van der Waals surface area contributed by atoms with Crippen LogP contribution in [0.25, 0.3) is 0 Å². The molecule has 0 aliphatic heterocycles. The van der Waals surface area contributed by atoms with Crippen molar-refractivity contribution in [3.05, 3.63) is 65.5 Å². The molecule has 2 amide bonds. The Labute approximate surface area is 148 Å². The van der Waals surface area contributed by atoms with E-state index in [4.69, 9.17) is 4.74 Å². The molecule has 0 aliphatic carbocycles. The summed E-state index contributed by atoms with van der Waals surface area (Å²) in [6.45, 7) is 1.95. The number of esters is 1. The maximum Gasteiger partial charge on any atom is 0.338 e. The molecule has 0 radical (unpaired) electrons. The Morgan fingerprint density at radius 3 is 2.42 bits per heavy atom. The van der Waals surface area contributed by atoms with Crippen LogP contribution in [0, 0.1) is 5.82 Å². The molecular formula is C18H16FN3O4. The molecule has 7 nitrogen and oxygen atoms in total. The molecule has 26 heavy (non-hydrogen) atoms. The fourth-order valence-corrected chi connectivity index (χ4v) is 1.88. The lowest BCUT2D eigenvalue weighted by atomic mass is 10.2. The lowest BCUT2D eigenvalue weighted by molar-refractivity contribution is -0.136. The summed E-state index contributed by atoms with van der Waals surface area (Å²) in [6.07, 6.45) is 1.09. The van der Waals surface area contributed by atoms with Gasteiger partial charge < -0.3 is 10.1 Å². The molecule has 0 aliphatic rings. The van der Waals surface area contributed by atoms with Gasteiger partial charge in [0, 0.05) is 11.3 Å². The lowest BCUT2D eigenvalue weighted by Gasteiger charge is -2.05. The van der Waals surface area contributed by atoms with Gasteiger partial charge in [0.15, 0.2) is 0 Å². The van der Waals surface area contributed by atoms with E-state index in [9.17, 15) is 18.8 Å². The first kappa shape index (κ1) is 18.8. The Kier molecular flexibility index (Phi) is 6.55. The maximum absolute atomic E-state index is 13.4. The van der Waals surface area contributed by atoms with Gasteiger partial charge in [-0.25, -0.2) is 14.6 Å². The van der Waals surface area contributed by atoms with Crippen molar-refractivity contribution in [1.29, 1.82) is 0 Å². The fourth-order valence-electron chi connectivity index (χ4n) is 1.88. The number of nitrogens with one attached hydrogen (secondary N) is 2. The zero-order valence-corrected chi connectivity index (χ0v) is 13.9. The van der Waals surface area contributed by atoms with Gasteiger partial charge in [-0.3, -0.25) is 9.59 Å². The SMILES string of the molecule is CCOC(=O)c1ccc(NC(=O)C(=O)N/N=C\c2ccccc2F)cc1. The van der Waals surface area contributed by atoms with Gasteiger partial charge in [-0.1, -0.05) is 18.2 Å². The first-order chi connectivity index (χ1) is 12.5. The minimum absolute atomic E-state index is 0.169. The molecule has 0 atom stereocenters. The Morgan fingerprint density at radius 2 is 1.77 bits per heavy atom. The van der Waals surface area contributed by atoms with Crippen LogP contribution in [-0.4, -0.2) is 30.6 Å². The smallest absolute Gasteiger partial charge is 0.338 e. The number of hydrogen-bond acceptors (Lipinski definition) is 5. The highest BCUT2D eigenvalue weighted by molar-refractivity contribution is 6.39. The third-order valence-electron chi connectivity index (χ3n) is 3.14. The number of carbonyl (C=O) groups excluding carboxylic acids is 3. The zero-order chi connectivity index (χ0) is 18.9. The molecule has 0 aromatic heterocycles. The van der Waals surface area contributed by atoms with Crippen molar-refractivity contribution >= 4 is 29.7 Å².